The number of hydrogen-bond acceptors (Lipinski definition) is 10. The molecule has 3 atom stereocenters. The molecule has 0 saturated heterocycles. The maximum absolute atomic E-state index is 12.4. The van der Waals surface area contributed by atoms with Crippen LogP contribution >= 0.6 is 0 Å². The summed E-state index contributed by atoms with van der Waals surface area (Å²) in [5.74, 6) is -2.90. The Labute approximate surface area is 192 Å². The number of benzene rings is 1. The number of nitrogens with zero attached hydrogens (tertiary/aromatic N) is 3. The molecule has 1 aliphatic rings. The summed E-state index contributed by atoms with van der Waals surface area (Å²) >= 11 is 0. The van der Waals surface area contributed by atoms with Crippen LogP contribution in [0.25, 0.3) is 0 Å². The zero-order chi connectivity index (χ0) is 24.8. The SMILES string of the molecule is NC1Nc2ncc(CN(C=O)c3ccc(C(=O)N[C@H](CCC(=O)O)C(=O)O)cc3)nc2C(O)N1. The number of nitrogens with one attached hydrogen (secondary N) is 3. The molecule has 0 bridgehead atoms. The summed E-state index contributed by atoms with van der Waals surface area (Å²) in [7, 11) is 0. The molecular formula is C20H23N7O7. The van der Waals surface area contributed by atoms with Crippen LogP contribution in [-0.4, -0.2) is 61.9 Å². The molecule has 2 unspecified atom stereocenters. The fourth-order valence-electron chi connectivity index (χ4n) is 3.19. The van der Waals surface area contributed by atoms with Crippen LogP contribution < -0.4 is 26.6 Å². The fourth-order valence-corrected chi connectivity index (χ4v) is 3.19. The summed E-state index contributed by atoms with van der Waals surface area (Å²) in [6, 6.07) is 4.41. The van der Waals surface area contributed by atoms with Crippen molar-refractivity contribution in [3.05, 3.63) is 47.4 Å². The van der Waals surface area contributed by atoms with E-state index in [1.54, 1.807) is 0 Å². The van der Waals surface area contributed by atoms with Gasteiger partial charge in [0, 0.05) is 17.7 Å². The van der Waals surface area contributed by atoms with Gasteiger partial charge in [0.25, 0.3) is 5.91 Å². The Morgan fingerprint density at radius 1 is 1.24 bits per heavy atom. The third-order valence-electron chi connectivity index (χ3n) is 4.91. The molecule has 3 rings (SSSR count). The van der Waals surface area contributed by atoms with E-state index in [2.05, 4.69) is 25.9 Å². The van der Waals surface area contributed by atoms with Crippen LogP contribution in [0.2, 0.25) is 0 Å². The molecule has 34 heavy (non-hydrogen) atoms. The van der Waals surface area contributed by atoms with Gasteiger partial charge in [-0.3, -0.25) is 25.4 Å². The van der Waals surface area contributed by atoms with E-state index in [9.17, 15) is 29.4 Å². The van der Waals surface area contributed by atoms with Crippen molar-refractivity contribution < 1.29 is 34.5 Å². The molecule has 180 valence electrons. The van der Waals surface area contributed by atoms with Gasteiger partial charge in [0.05, 0.1) is 18.4 Å². The molecule has 0 radical (unpaired) electrons. The van der Waals surface area contributed by atoms with Gasteiger partial charge in [0.2, 0.25) is 6.41 Å². The second-order valence-electron chi connectivity index (χ2n) is 7.36. The summed E-state index contributed by atoms with van der Waals surface area (Å²) in [6.45, 7) is 0.0182. The van der Waals surface area contributed by atoms with Crippen molar-refractivity contribution in [1.29, 1.82) is 0 Å². The van der Waals surface area contributed by atoms with Gasteiger partial charge in [-0.1, -0.05) is 0 Å². The minimum absolute atomic E-state index is 0.0182. The number of amides is 2. The molecule has 1 aromatic carbocycles. The maximum atomic E-state index is 12.4. The largest absolute Gasteiger partial charge is 0.481 e. The first kappa shape index (κ1) is 24.5. The Kier molecular flexibility index (Phi) is 7.68. The van der Waals surface area contributed by atoms with Crippen molar-refractivity contribution in [3.63, 3.8) is 0 Å². The molecule has 1 aromatic heterocycles. The quantitative estimate of drug-likeness (QED) is 0.205. The predicted molar refractivity (Wildman–Crippen MR) is 116 cm³/mol. The standard InChI is InChI=1S/C20H23N7O7/c21-20-25-16-15(18(32)26-20)23-11(7-22-16)8-27(9-28)12-3-1-10(2-4-12)17(31)24-13(19(33)34)5-6-14(29)30/h1-4,7,9,13,18,20,26,32H,5-6,8,21H2,(H,22,25)(H,24,31)(H,29,30)(H,33,34)/t13-,18?,20?/m1/s1. The molecule has 8 N–H and O–H groups in total. The van der Waals surface area contributed by atoms with E-state index in [1.807, 2.05) is 0 Å². The van der Waals surface area contributed by atoms with Crippen molar-refractivity contribution in [2.45, 2.75) is 37.9 Å². The molecule has 0 aliphatic carbocycles. The Hall–Kier alpha value is -4.14. The highest BCUT2D eigenvalue weighted by molar-refractivity contribution is 5.97. The molecule has 0 spiro atoms. The number of hydrogen-bond donors (Lipinski definition) is 7. The summed E-state index contributed by atoms with van der Waals surface area (Å²) in [6.07, 6.45) is -0.504. The number of carboxylic acids is 2. The molecule has 14 heteroatoms. The molecule has 14 nitrogen and oxygen atoms in total. The maximum Gasteiger partial charge on any atom is 0.326 e. The minimum atomic E-state index is -1.36. The van der Waals surface area contributed by atoms with Crippen molar-refractivity contribution >= 4 is 35.8 Å². The number of aliphatic hydroxyl groups is 1. The van der Waals surface area contributed by atoms with E-state index in [1.165, 1.54) is 35.4 Å². The number of aromatic nitrogens is 2. The zero-order valence-corrected chi connectivity index (χ0v) is 17.7. The first-order valence-electron chi connectivity index (χ1n) is 10.1. The van der Waals surface area contributed by atoms with Crippen LogP contribution in [0.15, 0.2) is 30.5 Å². The Bertz CT molecular complexity index is 1080. The van der Waals surface area contributed by atoms with E-state index >= 15 is 0 Å². The second kappa shape index (κ2) is 10.7. The van der Waals surface area contributed by atoms with Gasteiger partial charge in [0.1, 0.15) is 18.0 Å². The van der Waals surface area contributed by atoms with Crippen LogP contribution in [-0.2, 0) is 20.9 Å². The first-order chi connectivity index (χ1) is 16.2. The lowest BCUT2D eigenvalue weighted by molar-refractivity contribution is -0.140. The van der Waals surface area contributed by atoms with Gasteiger partial charge in [0.15, 0.2) is 12.0 Å². The van der Waals surface area contributed by atoms with Gasteiger partial charge in [-0.25, -0.2) is 14.8 Å². The van der Waals surface area contributed by atoms with E-state index in [0.29, 0.717) is 23.6 Å². The van der Waals surface area contributed by atoms with Gasteiger partial charge in [-0.15, -0.1) is 0 Å². The highest BCUT2D eigenvalue weighted by Gasteiger charge is 2.25. The highest BCUT2D eigenvalue weighted by Crippen LogP contribution is 2.23. The number of carboxylic acid groups (broad SMARTS) is 2. The molecule has 0 saturated carbocycles. The smallest absolute Gasteiger partial charge is 0.326 e. The van der Waals surface area contributed by atoms with Crippen molar-refractivity contribution in [1.82, 2.24) is 20.6 Å². The van der Waals surface area contributed by atoms with Gasteiger partial charge in [-0.05, 0) is 30.7 Å². The number of nitrogens with two attached hydrogens (primary N) is 1. The Morgan fingerprint density at radius 3 is 2.56 bits per heavy atom. The van der Waals surface area contributed by atoms with Crippen LogP contribution in [0, 0.1) is 0 Å². The lowest BCUT2D eigenvalue weighted by atomic mass is 10.1. The molecule has 2 amide bonds. The Balaban J connectivity index is 1.68. The normalized spacial score (nSPS) is 17.6. The first-order valence-corrected chi connectivity index (χ1v) is 10.1. The Morgan fingerprint density at radius 2 is 1.94 bits per heavy atom. The number of aliphatic hydroxyl groups excluding tert-OH is 1. The lowest BCUT2D eigenvalue weighted by Gasteiger charge is -2.28. The van der Waals surface area contributed by atoms with Crippen molar-refractivity contribution in [3.8, 4) is 0 Å². The number of carbonyl (C=O) groups is 4. The number of aliphatic carboxylic acids is 2. The summed E-state index contributed by atoms with van der Waals surface area (Å²) < 4.78 is 0. The predicted octanol–water partition coefficient (Wildman–Crippen LogP) is -1.06. The van der Waals surface area contributed by atoms with E-state index in [4.69, 9.17) is 10.8 Å². The molecule has 2 aromatic rings. The van der Waals surface area contributed by atoms with Crippen molar-refractivity contribution in [2.75, 3.05) is 10.2 Å². The lowest BCUT2D eigenvalue weighted by Crippen LogP contribution is -2.50. The summed E-state index contributed by atoms with van der Waals surface area (Å²) in [5.41, 5.74) is 6.83. The fraction of sp³-hybridized carbons (Fsp3) is 0.300. The number of fused-ring (bicyclic) bond motifs is 1. The van der Waals surface area contributed by atoms with Gasteiger partial charge in [-0.2, -0.15) is 0 Å². The van der Waals surface area contributed by atoms with Gasteiger partial charge >= 0.3 is 11.9 Å². The summed E-state index contributed by atoms with van der Waals surface area (Å²) in [4.78, 5) is 55.8. The number of anilines is 2. The van der Waals surface area contributed by atoms with Crippen LogP contribution in [0.4, 0.5) is 11.5 Å². The summed E-state index contributed by atoms with van der Waals surface area (Å²) in [5, 5.41) is 35.7. The van der Waals surface area contributed by atoms with Crippen LogP contribution in [0.5, 0.6) is 0 Å². The molecule has 1 aliphatic heterocycles. The average Bonchev–Trinajstić information content (AvgIpc) is 2.80. The second-order valence-corrected chi connectivity index (χ2v) is 7.36. The van der Waals surface area contributed by atoms with Crippen molar-refractivity contribution in [2.24, 2.45) is 5.73 Å². The van der Waals surface area contributed by atoms with Gasteiger partial charge < -0.3 is 30.9 Å². The number of carbonyl (C=O) groups excluding carboxylic acids is 2. The third kappa shape index (κ3) is 6.00. The molecule has 2 heterocycles. The van der Waals surface area contributed by atoms with Crippen LogP contribution in [0.1, 0.15) is 40.8 Å². The minimum Gasteiger partial charge on any atom is -0.481 e. The zero-order valence-electron chi connectivity index (χ0n) is 17.7. The number of rotatable bonds is 10. The highest BCUT2D eigenvalue weighted by atomic mass is 16.4. The van der Waals surface area contributed by atoms with Crippen LogP contribution in [0.3, 0.4) is 0 Å². The topological polar surface area (TPSA) is 220 Å². The third-order valence-corrected chi connectivity index (χ3v) is 4.91. The van der Waals surface area contributed by atoms with E-state index in [-0.39, 0.29) is 24.2 Å². The van der Waals surface area contributed by atoms with E-state index in [0.717, 1.165) is 0 Å². The molecular weight excluding hydrogens is 450 g/mol. The van der Waals surface area contributed by atoms with E-state index < -0.39 is 42.8 Å². The monoisotopic (exact) mass is 473 g/mol. The average molecular weight is 473 g/mol. The molecule has 0 fully saturated rings.